The molecule has 4 rings (SSSR count). The zero-order valence-electron chi connectivity index (χ0n) is 17.2. The second-order valence-corrected chi connectivity index (χ2v) is 7.05. The molecule has 0 saturated heterocycles. The van der Waals surface area contributed by atoms with E-state index >= 15 is 0 Å². The Kier molecular flexibility index (Phi) is 5.31. The van der Waals surface area contributed by atoms with Crippen LogP contribution in [0, 0.1) is 0 Å². The average Bonchev–Trinajstić information content (AvgIpc) is 3.36. The number of nitrogens with zero attached hydrogens (tertiary/aromatic N) is 3. The van der Waals surface area contributed by atoms with E-state index < -0.39 is 6.04 Å². The van der Waals surface area contributed by atoms with E-state index in [1.165, 1.54) is 4.68 Å². The third-order valence-electron chi connectivity index (χ3n) is 5.23. The summed E-state index contributed by atoms with van der Waals surface area (Å²) in [6, 6.07) is 10.3. The lowest BCUT2D eigenvalue weighted by Gasteiger charge is -2.18. The Morgan fingerprint density at radius 1 is 1.23 bits per heavy atom. The fourth-order valence-electron chi connectivity index (χ4n) is 3.69. The molecule has 0 aliphatic heterocycles. The molecule has 8 nitrogen and oxygen atoms in total. The molecule has 0 bridgehead atoms. The van der Waals surface area contributed by atoms with Gasteiger partial charge in [0.2, 0.25) is 5.91 Å². The summed E-state index contributed by atoms with van der Waals surface area (Å²) in [5.41, 5.74) is 2.47. The van der Waals surface area contributed by atoms with Crippen molar-refractivity contribution in [1.29, 1.82) is 0 Å². The Morgan fingerprint density at radius 2 is 2.07 bits per heavy atom. The minimum absolute atomic E-state index is 0.253. The van der Waals surface area contributed by atoms with Gasteiger partial charge in [-0.2, -0.15) is 5.10 Å². The van der Waals surface area contributed by atoms with Crippen molar-refractivity contribution in [3.8, 4) is 5.75 Å². The number of benzene rings is 1. The molecule has 4 aromatic rings. The van der Waals surface area contributed by atoms with Crippen molar-refractivity contribution in [2.45, 2.75) is 39.3 Å². The van der Waals surface area contributed by atoms with Crippen LogP contribution in [0.1, 0.15) is 37.7 Å². The van der Waals surface area contributed by atoms with Crippen LogP contribution in [0.15, 0.2) is 51.9 Å². The van der Waals surface area contributed by atoms with Crippen LogP contribution in [0.25, 0.3) is 16.6 Å². The molecule has 0 saturated carbocycles. The maximum atomic E-state index is 13.2. The highest BCUT2D eigenvalue weighted by Crippen LogP contribution is 2.21. The SMILES string of the molecule is CCc1nn([C@@H](CC)C(=O)NCc2cccc(OC)c2)c(=O)c2cc3occc3n12. The molecule has 0 fully saturated rings. The number of rotatable bonds is 7. The quantitative estimate of drug-likeness (QED) is 0.507. The van der Waals surface area contributed by atoms with Crippen molar-refractivity contribution in [1.82, 2.24) is 19.5 Å². The standard InChI is InChI=1S/C22H24N4O4/c1-4-16(21(27)23-13-14-7-6-8-15(11-14)29-3)26-22(28)18-12-19-17(9-10-30-19)25(18)20(5-2)24-26/h6-12,16H,4-5,13H2,1-3H3,(H,23,27)/t16-/m0/s1. The highest BCUT2D eigenvalue weighted by Gasteiger charge is 2.24. The molecule has 0 aliphatic carbocycles. The monoisotopic (exact) mass is 408 g/mol. The normalized spacial score (nSPS) is 12.4. The zero-order chi connectivity index (χ0) is 21.3. The third-order valence-corrected chi connectivity index (χ3v) is 5.23. The summed E-state index contributed by atoms with van der Waals surface area (Å²) in [7, 11) is 1.60. The number of carbonyl (C=O) groups is 1. The molecule has 30 heavy (non-hydrogen) atoms. The number of hydrogen-bond donors (Lipinski definition) is 1. The van der Waals surface area contributed by atoms with Gasteiger partial charge in [0.1, 0.15) is 23.1 Å². The van der Waals surface area contributed by atoms with Crippen molar-refractivity contribution in [2.75, 3.05) is 7.11 Å². The minimum Gasteiger partial charge on any atom is -0.497 e. The molecule has 3 heterocycles. The van der Waals surface area contributed by atoms with Crippen molar-refractivity contribution >= 4 is 22.5 Å². The van der Waals surface area contributed by atoms with E-state index in [1.54, 1.807) is 23.8 Å². The van der Waals surface area contributed by atoms with E-state index in [4.69, 9.17) is 9.15 Å². The van der Waals surface area contributed by atoms with Crippen LogP contribution in [0.4, 0.5) is 0 Å². The molecular formula is C22H24N4O4. The van der Waals surface area contributed by atoms with Gasteiger partial charge in [-0.25, -0.2) is 4.68 Å². The highest BCUT2D eigenvalue weighted by molar-refractivity contribution is 5.83. The Bertz CT molecular complexity index is 1270. The van der Waals surface area contributed by atoms with Crippen molar-refractivity contribution in [2.24, 2.45) is 0 Å². The summed E-state index contributed by atoms with van der Waals surface area (Å²) in [6.07, 6.45) is 2.63. The molecule has 1 aromatic carbocycles. The Balaban J connectivity index is 1.67. The third kappa shape index (κ3) is 3.34. The lowest BCUT2D eigenvalue weighted by atomic mass is 10.2. The van der Waals surface area contributed by atoms with Crippen molar-refractivity contribution < 1.29 is 13.9 Å². The smallest absolute Gasteiger partial charge is 0.291 e. The van der Waals surface area contributed by atoms with Crippen LogP contribution in [0.5, 0.6) is 5.75 Å². The predicted molar refractivity (Wildman–Crippen MR) is 113 cm³/mol. The number of ether oxygens (including phenoxy) is 1. The van der Waals surface area contributed by atoms with Gasteiger partial charge in [0, 0.05) is 25.1 Å². The Hall–Kier alpha value is -3.55. The molecule has 0 spiro atoms. The fourth-order valence-corrected chi connectivity index (χ4v) is 3.69. The molecule has 1 amide bonds. The number of aromatic nitrogens is 3. The van der Waals surface area contributed by atoms with E-state index in [0.717, 1.165) is 16.8 Å². The minimum atomic E-state index is -0.709. The van der Waals surface area contributed by atoms with Crippen LogP contribution in [-0.4, -0.2) is 27.2 Å². The van der Waals surface area contributed by atoms with Gasteiger partial charge in [-0.05, 0) is 24.1 Å². The first-order valence-electron chi connectivity index (χ1n) is 9.98. The van der Waals surface area contributed by atoms with Crippen LogP contribution in [0.3, 0.4) is 0 Å². The summed E-state index contributed by atoms with van der Waals surface area (Å²) in [6.45, 7) is 4.16. The largest absolute Gasteiger partial charge is 0.497 e. The number of furan rings is 1. The summed E-state index contributed by atoms with van der Waals surface area (Å²) >= 11 is 0. The molecule has 8 heteroatoms. The lowest BCUT2D eigenvalue weighted by molar-refractivity contribution is -0.125. The maximum absolute atomic E-state index is 13.2. The van der Waals surface area contributed by atoms with E-state index in [9.17, 15) is 9.59 Å². The molecule has 0 unspecified atom stereocenters. The number of methoxy groups -OCH3 is 1. The van der Waals surface area contributed by atoms with Gasteiger partial charge in [0.05, 0.1) is 18.9 Å². The predicted octanol–water partition coefficient (Wildman–Crippen LogP) is 3.08. The number of aryl methyl sites for hydroxylation is 1. The van der Waals surface area contributed by atoms with Gasteiger partial charge in [-0.3, -0.25) is 14.0 Å². The first kappa shape index (κ1) is 19.8. The first-order valence-corrected chi connectivity index (χ1v) is 9.98. The van der Waals surface area contributed by atoms with Gasteiger partial charge < -0.3 is 14.5 Å². The van der Waals surface area contributed by atoms with Gasteiger partial charge in [-0.15, -0.1) is 0 Å². The Labute approximate surface area is 173 Å². The van der Waals surface area contributed by atoms with E-state index in [0.29, 0.717) is 36.3 Å². The molecule has 156 valence electrons. The van der Waals surface area contributed by atoms with Gasteiger partial charge in [0.15, 0.2) is 5.58 Å². The average molecular weight is 408 g/mol. The van der Waals surface area contributed by atoms with E-state index in [-0.39, 0.29) is 11.5 Å². The highest BCUT2D eigenvalue weighted by atomic mass is 16.5. The lowest BCUT2D eigenvalue weighted by Crippen LogP contribution is -2.39. The Morgan fingerprint density at radius 3 is 2.80 bits per heavy atom. The molecule has 0 aliphatic rings. The van der Waals surface area contributed by atoms with E-state index in [2.05, 4.69) is 10.4 Å². The van der Waals surface area contributed by atoms with Crippen LogP contribution >= 0.6 is 0 Å². The number of hydrogen-bond acceptors (Lipinski definition) is 5. The van der Waals surface area contributed by atoms with Gasteiger partial charge >= 0.3 is 0 Å². The van der Waals surface area contributed by atoms with Crippen LogP contribution < -0.4 is 15.6 Å². The van der Waals surface area contributed by atoms with Gasteiger partial charge in [0.25, 0.3) is 5.56 Å². The summed E-state index contributed by atoms with van der Waals surface area (Å²) < 4.78 is 13.8. The van der Waals surface area contributed by atoms with Crippen LogP contribution in [-0.2, 0) is 17.8 Å². The number of amides is 1. The second kappa shape index (κ2) is 8.06. The van der Waals surface area contributed by atoms with Gasteiger partial charge in [-0.1, -0.05) is 26.0 Å². The van der Waals surface area contributed by atoms with Crippen molar-refractivity contribution in [3.63, 3.8) is 0 Å². The van der Waals surface area contributed by atoms with E-state index in [1.807, 2.05) is 44.2 Å². The first-order chi connectivity index (χ1) is 14.6. The summed E-state index contributed by atoms with van der Waals surface area (Å²) in [5, 5.41) is 7.45. The summed E-state index contributed by atoms with van der Waals surface area (Å²) in [4.78, 5) is 26.1. The molecule has 1 atom stereocenters. The van der Waals surface area contributed by atoms with Crippen molar-refractivity contribution in [3.05, 3.63) is 64.4 Å². The molecule has 0 radical (unpaired) electrons. The zero-order valence-corrected chi connectivity index (χ0v) is 17.2. The number of fused-ring (bicyclic) bond motifs is 3. The maximum Gasteiger partial charge on any atom is 0.291 e. The fraction of sp³-hybridized carbons (Fsp3) is 0.318. The second-order valence-electron chi connectivity index (χ2n) is 7.05. The topological polar surface area (TPSA) is 90.8 Å². The number of carbonyl (C=O) groups excluding carboxylic acids is 1. The molecular weight excluding hydrogens is 384 g/mol. The molecule has 1 N–H and O–H groups in total. The van der Waals surface area contributed by atoms with Crippen LogP contribution in [0.2, 0.25) is 0 Å². The molecule has 3 aromatic heterocycles. The number of nitrogens with one attached hydrogen (secondary N) is 1. The summed E-state index contributed by atoms with van der Waals surface area (Å²) in [5.74, 6) is 1.17.